The molecule has 0 unspecified atom stereocenters. The van der Waals surface area contributed by atoms with Gasteiger partial charge in [-0.05, 0) is 37.1 Å². The summed E-state index contributed by atoms with van der Waals surface area (Å²) < 4.78 is 0. The number of hydrogen-bond donors (Lipinski definition) is 0. The van der Waals surface area contributed by atoms with Crippen molar-refractivity contribution in [1.29, 1.82) is 0 Å². The van der Waals surface area contributed by atoms with Crippen molar-refractivity contribution >= 4 is 6.08 Å². The van der Waals surface area contributed by atoms with Crippen LogP contribution in [-0.2, 0) is 6.54 Å². The van der Waals surface area contributed by atoms with Gasteiger partial charge >= 0.3 is 0 Å². The lowest BCUT2D eigenvalue weighted by atomic mass is 10.0. The van der Waals surface area contributed by atoms with Crippen LogP contribution in [-0.4, -0.2) is 66.6 Å². The molecule has 0 N–H and O–H groups in total. The predicted molar refractivity (Wildman–Crippen MR) is 118 cm³/mol. The van der Waals surface area contributed by atoms with Crippen LogP contribution in [0.25, 0.3) is 6.08 Å². The van der Waals surface area contributed by atoms with Crippen molar-refractivity contribution in [3.05, 3.63) is 77.9 Å². The predicted octanol–water partition coefficient (Wildman–Crippen LogP) is 3.98. The number of piperazine rings is 1. The van der Waals surface area contributed by atoms with Crippen molar-refractivity contribution in [2.24, 2.45) is 0 Å². The zero-order valence-corrected chi connectivity index (χ0v) is 16.9. The second-order valence-corrected chi connectivity index (χ2v) is 8.14. The molecule has 0 aromatic heterocycles. The highest BCUT2D eigenvalue weighted by Gasteiger charge is 2.27. The normalized spacial score (nSPS) is 20.7. The third-order valence-electron chi connectivity index (χ3n) is 6.20. The van der Waals surface area contributed by atoms with E-state index in [0.717, 1.165) is 19.1 Å². The maximum Gasteiger partial charge on any atom is 0.0233 e. The van der Waals surface area contributed by atoms with E-state index in [1.807, 2.05) is 0 Å². The first-order chi connectivity index (χ1) is 13.9. The third kappa shape index (κ3) is 5.54. The maximum absolute atomic E-state index is 2.75. The molecule has 2 aliphatic heterocycles. The molecule has 28 heavy (non-hydrogen) atoms. The molecule has 3 nitrogen and oxygen atoms in total. The van der Waals surface area contributed by atoms with Crippen LogP contribution < -0.4 is 0 Å². The number of hydrogen-bond acceptors (Lipinski definition) is 3. The molecule has 0 saturated carbocycles. The fraction of sp³-hybridized carbons (Fsp3) is 0.440. The zero-order valence-electron chi connectivity index (χ0n) is 16.9. The second kappa shape index (κ2) is 10.0. The quantitative estimate of drug-likeness (QED) is 0.756. The number of rotatable bonds is 6. The van der Waals surface area contributed by atoms with E-state index in [1.54, 1.807) is 0 Å². The topological polar surface area (TPSA) is 9.72 Å². The van der Waals surface area contributed by atoms with Gasteiger partial charge in [-0.2, -0.15) is 0 Å². The van der Waals surface area contributed by atoms with E-state index in [1.165, 1.54) is 63.2 Å². The summed E-state index contributed by atoms with van der Waals surface area (Å²) in [5, 5.41) is 0. The van der Waals surface area contributed by atoms with Gasteiger partial charge in [-0.25, -0.2) is 0 Å². The van der Waals surface area contributed by atoms with Crippen molar-refractivity contribution in [2.75, 3.05) is 45.8 Å². The summed E-state index contributed by atoms with van der Waals surface area (Å²) in [5.41, 5.74) is 2.74. The Morgan fingerprint density at radius 1 is 0.714 bits per heavy atom. The van der Waals surface area contributed by atoms with Crippen molar-refractivity contribution < 1.29 is 0 Å². The van der Waals surface area contributed by atoms with Gasteiger partial charge in [-0.15, -0.1) is 0 Å². The Labute approximate surface area is 170 Å². The first-order valence-electron chi connectivity index (χ1n) is 10.8. The van der Waals surface area contributed by atoms with E-state index >= 15 is 0 Å². The molecule has 2 aromatic carbocycles. The van der Waals surface area contributed by atoms with E-state index in [4.69, 9.17) is 0 Å². The smallest absolute Gasteiger partial charge is 0.0233 e. The standard InChI is InChI=1S/C25H33N3/c1-3-8-23(9-4-1)12-7-15-26-18-20-28(21-19-26)25-13-16-27(17-14-25)22-24-10-5-2-6-11-24/h1-12,25H,13-22H2. The average Bonchev–Trinajstić information content (AvgIpc) is 2.76. The third-order valence-corrected chi connectivity index (χ3v) is 6.20. The van der Waals surface area contributed by atoms with Crippen molar-refractivity contribution in [2.45, 2.75) is 25.4 Å². The lowest BCUT2D eigenvalue weighted by Crippen LogP contribution is -2.53. The van der Waals surface area contributed by atoms with Gasteiger partial charge in [0.1, 0.15) is 0 Å². The van der Waals surface area contributed by atoms with E-state index in [9.17, 15) is 0 Å². The summed E-state index contributed by atoms with van der Waals surface area (Å²) in [5.74, 6) is 0. The lowest BCUT2D eigenvalue weighted by Gasteiger charge is -2.42. The van der Waals surface area contributed by atoms with E-state index in [2.05, 4.69) is 87.5 Å². The number of likely N-dealkylation sites (tertiary alicyclic amines) is 1. The second-order valence-electron chi connectivity index (χ2n) is 8.14. The van der Waals surface area contributed by atoms with Gasteiger partial charge < -0.3 is 0 Å². The number of piperidine rings is 1. The lowest BCUT2D eigenvalue weighted by molar-refractivity contribution is 0.0614. The van der Waals surface area contributed by atoms with E-state index in [-0.39, 0.29) is 0 Å². The number of nitrogens with zero attached hydrogens (tertiary/aromatic N) is 3. The van der Waals surface area contributed by atoms with E-state index < -0.39 is 0 Å². The summed E-state index contributed by atoms with van der Waals surface area (Å²) in [6.45, 7) is 9.49. The summed E-state index contributed by atoms with van der Waals surface area (Å²) in [7, 11) is 0. The van der Waals surface area contributed by atoms with Crippen LogP contribution in [0.1, 0.15) is 24.0 Å². The SMILES string of the molecule is C(=Cc1ccccc1)CN1CCN(C2CCN(Cc3ccccc3)CC2)CC1. The van der Waals surface area contributed by atoms with Crippen molar-refractivity contribution in [3.8, 4) is 0 Å². The molecule has 2 aliphatic rings. The highest BCUT2D eigenvalue weighted by Crippen LogP contribution is 2.20. The van der Waals surface area contributed by atoms with Crippen LogP contribution >= 0.6 is 0 Å². The van der Waals surface area contributed by atoms with Crippen LogP contribution in [0.2, 0.25) is 0 Å². The summed E-state index contributed by atoms with van der Waals surface area (Å²) >= 11 is 0. The van der Waals surface area contributed by atoms with Crippen molar-refractivity contribution in [3.63, 3.8) is 0 Å². The van der Waals surface area contributed by atoms with Crippen LogP contribution in [0.4, 0.5) is 0 Å². The molecule has 0 bridgehead atoms. The van der Waals surface area contributed by atoms with Gasteiger partial charge in [-0.3, -0.25) is 14.7 Å². The van der Waals surface area contributed by atoms with Gasteiger partial charge in [0.15, 0.2) is 0 Å². The fourth-order valence-electron chi connectivity index (χ4n) is 4.50. The Hall–Kier alpha value is -1.94. The molecule has 0 aliphatic carbocycles. The molecule has 148 valence electrons. The molecule has 0 atom stereocenters. The van der Waals surface area contributed by atoms with Gasteiger partial charge in [0.05, 0.1) is 0 Å². The van der Waals surface area contributed by atoms with Gasteiger partial charge in [0, 0.05) is 45.3 Å². The molecular formula is C25H33N3. The Bertz CT molecular complexity index is 712. The van der Waals surface area contributed by atoms with Crippen LogP contribution in [0.5, 0.6) is 0 Å². The molecule has 4 rings (SSSR count). The molecule has 0 amide bonds. The van der Waals surface area contributed by atoms with Crippen LogP contribution in [0, 0.1) is 0 Å². The molecule has 2 aromatic rings. The first kappa shape index (κ1) is 19.4. The molecule has 2 fully saturated rings. The van der Waals surface area contributed by atoms with Crippen molar-refractivity contribution in [1.82, 2.24) is 14.7 Å². The zero-order chi connectivity index (χ0) is 19.0. The Kier molecular flexibility index (Phi) is 6.93. The summed E-state index contributed by atoms with van der Waals surface area (Å²) in [4.78, 5) is 7.95. The molecule has 0 radical (unpaired) electrons. The molecule has 2 saturated heterocycles. The van der Waals surface area contributed by atoms with E-state index in [0.29, 0.717) is 0 Å². The first-order valence-corrected chi connectivity index (χ1v) is 10.8. The minimum atomic E-state index is 0.786. The molecule has 2 heterocycles. The van der Waals surface area contributed by atoms with Gasteiger partial charge in [0.2, 0.25) is 0 Å². The van der Waals surface area contributed by atoms with Crippen LogP contribution in [0.3, 0.4) is 0 Å². The summed E-state index contributed by atoms with van der Waals surface area (Å²) in [6, 6.07) is 22.3. The Morgan fingerprint density at radius 2 is 1.36 bits per heavy atom. The van der Waals surface area contributed by atoms with Gasteiger partial charge in [-0.1, -0.05) is 72.8 Å². The largest absolute Gasteiger partial charge is 0.299 e. The Morgan fingerprint density at radius 3 is 2.04 bits per heavy atom. The number of benzene rings is 2. The minimum Gasteiger partial charge on any atom is -0.299 e. The minimum absolute atomic E-state index is 0.786. The summed E-state index contributed by atoms with van der Waals surface area (Å²) in [6.07, 6.45) is 7.20. The van der Waals surface area contributed by atoms with Crippen LogP contribution in [0.15, 0.2) is 66.7 Å². The maximum atomic E-state index is 2.75. The van der Waals surface area contributed by atoms with Gasteiger partial charge in [0.25, 0.3) is 0 Å². The molecule has 0 spiro atoms. The highest BCUT2D eigenvalue weighted by molar-refractivity contribution is 5.48. The highest BCUT2D eigenvalue weighted by atomic mass is 15.3. The Balaban J connectivity index is 1.16. The fourth-order valence-corrected chi connectivity index (χ4v) is 4.50. The monoisotopic (exact) mass is 375 g/mol. The average molecular weight is 376 g/mol. The molecular weight excluding hydrogens is 342 g/mol. The molecule has 3 heteroatoms.